The summed E-state index contributed by atoms with van der Waals surface area (Å²) in [5, 5.41) is 13.1. The Bertz CT molecular complexity index is 448. The van der Waals surface area contributed by atoms with Gasteiger partial charge < -0.3 is 10.4 Å². The van der Waals surface area contributed by atoms with Crippen LogP contribution in [0.2, 0.25) is 0 Å². The van der Waals surface area contributed by atoms with Gasteiger partial charge in [-0.2, -0.15) is 0 Å². The number of hydrogen-bond donors (Lipinski definition) is 2. The highest BCUT2D eigenvalue weighted by atomic mass is 79.9. The van der Waals surface area contributed by atoms with Gasteiger partial charge in [-0.15, -0.1) is 0 Å². The number of aliphatic hydroxyl groups excluding tert-OH is 1. The average molecular weight is 314 g/mol. The van der Waals surface area contributed by atoms with Gasteiger partial charge in [0.15, 0.2) is 0 Å². The fourth-order valence-electron chi connectivity index (χ4n) is 2.09. The second kappa shape index (κ2) is 4.78. The van der Waals surface area contributed by atoms with Crippen LogP contribution in [0.3, 0.4) is 0 Å². The summed E-state index contributed by atoms with van der Waals surface area (Å²) in [6.45, 7) is 8.28. The van der Waals surface area contributed by atoms with E-state index in [1.165, 1.54) is 0 Å². The molecule has 1 fully saturated rings. The summed E-state index contributed by atoms with van der Waals surface area (Å²) in [6, 6.07) is 2.14. The summed E-state index contributed by atoms with van der Waals surface area (Å²) < 4.78 is 0.793. The molecule has 0 aromatic carbocycles. The Kier molecular flexibility index (Phi) is 3.65. The number of halogens is 1. The van der Waals surface area contributed by atoms with Gasteiger partial charge in [0.2, 0.25) is 0 Å². The smallest absolute Gasteiger partial charge is 0.134 e. The molecule has 0 bridgehead atoms. The Morgan fingerprint density at radius 3 is 2.61 bits per heavy atom. The normalized spacial score (nSPS) is 25.9. The molecule has 0 radical (unpaired) electrons. The van der Waals surface area contributed by atoms with Crippen molar-refractivity contribution >= 4 is 21.7 Å². The lowest BCUT2D eigenvalue weighted by Crippen LogP contribution is -2.57. The molecule has 1 aliphatic rings. The molecule has 4 nitrogen and oxygen atoms in total. The molecule has 100 valence electrons. The zero-order valence-corrected chi connectivity index (χ0v) is 12.8. The van der Waals surface area contributed by atoms with E-state index < -0.39 is 0 Å². The second-order valence-electron chi connectivity index (χ2n) is 5.86. The van der Waals surface area contributed by atoms with E-state index in [1.807, 2.05) is 6.07 Å². The number of hydrogen-bond acceptors (Lipinski definition) is 4. The molecule has 1 aromatic heterocycles. The summed E-state index contributed by atoms with van der Waals surface area (Å²) in [6.07, 6.45) is 0.538. The van der Waals surface area contributed by atoms with Crippen LogP contribution < -0.4 is 5.32 Å². The number of nitrogens with one attached hydrogen (secondary N) is 1. The summed E-state index contributed by atoms with van der Waals surface area (Å²) in [4.78, 5) is 8.86. The van der Waals surface area contributed by atoms with Gasteiger partial charge in [0, 0.05) is 23.4 Å². The molecule has 2 atom stereocenters. The van der Waals surface area contributed by atoms with Crippen molar-refractivity contribution in [3.05, 3.63) is 16.5 Å². The molecule has 2 unspecified atom stereocenters. The first kappa shape index (κ1) is 13.7. The van der Waals surface area contributed by atoms with Crippen LogP contribution in [0, 0.1) is 5.41 Å². The molecule has 0 saturated heterocycles. The minimum Gasteiger partial charge on any atom is -0.392 e. The van der Waals surface area contributed by atoms with Crippen LogP contribution >= 0.6 is 15.9 Å². The van der Waals surface area contributed by atoms with Gasteiger partial charge in [-0.3, -0.25) is 0 Å². The number of anilines is 1. The van der Waals surface area contributed by atoms with Gasteiger partial charge in [0.05, 0.1) is 6.10 Å². The number of aromatic nitrogens is 2. The first-order valence-corrected chi connectivity index (χ1v) is 7.09. The standard InChI is InChI=1S/C13H20BrN3O/c1-7(2)12-16-10(14)6-11(17-12)15-8-5-9(18)13(8,3)4/h6-9,18H,5H2,1-4H3,(H,15,16,17). The van der Waals surface area contributed by atoms with Gasteiger partial charge in [-0.1, -0.05) is 27.7 Å². The highest BCUT2D eigenvalue weighted by Gasteiger charge is 2.47. The first-order valence-electron chi connectivity index (χ1n) is 6.29. The summed E-state index contributed by atoms with van der Waals surface area (Å²) >= 11 is 3.41. The quantitative estimate of drug-likeness (QED) is 0.842. The monoisotopic (exact) mass is 313 g/mol. The van der Waals surface area contributed by atoms with Crippen molar-refractivity contribution in [2.45, 2.75) is 52.2 Å². The summed E-state index contributed by atoms with van der Waals surface area (Å²) in [7, 11) is 0. The largest absolute Gasteiger partial charge is 0.392 e. The average Bonchev–Trinajstić information content (AvgIpc) is 2.28. The van der Waals surface area contributed by atoms with Crippen molar-refractivity contribution in [2.75, 3.05) is 5.32 Å². The Hall–Kier alpha value is -0.680. The van der Waals surface area contributed by atoms with E-state index in [9.17, 15) is 5.11 Å². The predicted molar refractivity (Wildman–Crippen MR) is 75.6 cm³/mol. The molecule has 0 amide bonds. The molecule has 2 rings (SSSR count). The van der Waals surface area contributed by atoms with Gasteiger partial charge >= 0.3 is 0 Å². The number of aliphatic hydroxyl groups is 1. The lowest BCUT2D eigenvalue weighted by Gasteiger charge is -2.49. The van der Waals surface area contributed by atoms with Crippen molar-refractivity contribution in [2.24, 2.45) is 5.41 Å². The van der Waals surface area contributed by atoms with Gasteiger partial charge in [0.1, 0.15) is 16.2 Å². The summed E-state index contributed by atoms with van der Waals surface area (Å²) in [5.74, 6) is 1.94. The minimum absolute atomic E-state index is 0.102. The third-order valence-corrected chi connectivity index (χ3v) is 4.17. The highest BCUT2D eigenvalue weighted by molar-refractivity contribution is 9.10. The zero-order chi connectivity index (χ0) is 13.5. The van der Waals surface area contributed by atoms with Crippen LogP contribution in [0.5, 0.6) is 0 Å². The highest BCUT2D eigenvalue weighted by Crippen LogP contribution is 2.42. The van der Waals surface area contributed by atoms with E-state index in [0.717, 1.165) is 22.7 Å². The van der Waals surface area contributed by atoms with E-state index in [4.69, 9.17) is 0 Å². The van der Waals surface area contributed by atoms with Crippen LogP contribution in [0.25, 0.3) is 0 Å². The fraction of sp³-hybridized carbons (Fsp3) is 0.692. The van der Waals surface area contributed by atoms with Gasteiger partial charge in [-0.25, -0.2) is 9.97 Å². The Labute approximate surface area is 116 Å². The van der Waals surface area contributed by atoms with Crippen LogP contribution in [0.4, 0.5) is 5.82 Å². The van der Waals surface area contributed by atoms with Crippen molar-refractivity contribution in [3.8, 4) is 0 Å². The molecule has 0 aliphatic heterocycles. The summed E-state index contributed by atoms with van der Waals surface area (Å²) in [5.41, 5.74) is -0.102. The molecule has 18 heavy (non-hydrogen) atoms. The molecule has 1 aromatic rings. The van der Waals surface area contributed by atoms with Crippen molar-refractivity contribution in [1.29, 1.82) is 0 Å². The van der Waals surface area contributed by atoms with Crippen LogP contribution in [0.15, 0.2) is 10.7 Å². The second-order valence-corrected chi connectivity index (χ2v) is 6.67. The van der Waals surface area contributed by atoms with Crippen LogP contribution in [0.1, 0.15) is 45.9 Å². The van der Waals surface area contributed by atoms with E-state index in [2.05, 4.69) is 58.9 Å². The minimum atomic E-state index is -0.232. The molecular weight excluding hydrogens is 294 g/mol. The fourth-order valence-corrected chi connectivity index (χ4v) is 2.49. The molecular formula is C13H20BrN3O. The molecule has 5 heteroatoms. The van der Waals surface area contributed by atoms with Gasteiger partial charge in [0.25, 0.3) is 0 Å². The Morgan fingerprint density at radius 2 is 2.11 bits per heavy atom. The van der Waals surface area contributed by atoms with Crippen molar-refractivity contribution in [1.82, 2.24) is 9.97 Å². The van der Waals surface area contributed by atoms with E-state index in [1.54, 1.807) is 0 Å². The third-order valence-electron chi connectivity index (χ3n) is 3.77. The number of nitrogens with zero attached hydrogens (tertiary/aromatic N) is 2. The maximum atomic E-state index is 9.74. The first-order chi connectivity index (χ1) is 8.30. The zero-order valence-electron chi connectivity index (χ0n) is 11.2. The maximum absolute atomic E-state index is 9.74. The SMILES string of the molecule is CC(C)c1nc(Br)cc(NC2CC(O)C2(C)C)n1. The lowest BCUT2D eigenvalue weighted by molar-refractivity contribution is -0.0511. The van der Waals surface area contributed by atoms with E-state index in [0.29, 0.717) is 5.92 Å². The molecule has 1 heterocycles. The topological polar surface area (TPSA) is 58.0 Å². The van der Waals surface area contributed by atoms with Crippen LogP contribution in [-0.2, 0) is 0 Å². The van der Waals surface area contributed by atoms with Crippen molar-refractivity contribution in [3.63, 3.8) is 0 Å². The molecule has 1 saturated carbocycles. The molecule has 1 aliphatic carbocycles. The maximum Gasteiger partial charge on any atom is 0.134 e. The number of rotatable bonds is 3. The lowest BCUT2D eigenvalue weighted by atomic mass is 9.64. The predicted octanol–water partition coefficient (Wildman–Crippen LogP) is 2.93. The molecule has 0 spiro atoms. The van der Waals surface area contributed by atoms with Crippen molar-refractivity contribution < 1.29 is 5.11 Å². The van der Waals surface area contributed by atoms with Gasteiger partial charge in [-0.05, 0) is 22.4 Å². The van der Waals surface area contributed by atoms with E-state index in [-0.39, 0.29) is 17.6 Å². The Balaban J connectivity index is 2.15. The van der Waals surface area contributed by atoms with Crippen LogP contribution in [-0.4, -0.2) is 27.2 Å². The van der Waals surface area contributed by atoms with E-state index >= 15 is 0 Å². The Morgan fingerprint density at radius 1 is 1.44 bits per heavy atom. The third kappa shape index (κ3) is 2.52. The molecule has 2 N–H and O–H groups in total.